The van der Waals surface area contributed by atoms with Gasteiger partial charge in [0, 0.05) is 12.1 Å². The number of aliphatic hydroxyl groups is 6. The van der Waals surface area contributed by atoms with Gasteiger partial charge in [-0.1, -0.05) is 18.2 Å². The van der Waals surface area contributed by atoms with E-state index < -0.39 is 42.6 Å². The van der Waals surface area contributed by atoms with E-state index in [1.807, 2.05) is 0 Å². The Labute approximate surface area is 120 Å². The molecule has 0 saturated carbocycles. The Balaban J connectivity index is 0.000000394. The Bertz CT molecular complexity index is 388. The van der Waals surface area contributed by atoms with Crippen LogP contribution in [0.1, 0.15) is 0 Å². The van der Waals surface area contributed by atoms with Gasteiger partial charge in [0.25, 0.3) is 5.69 Å². The number of nitro benzene ring substituents is 1. The third kappa shape index (κ3) is 7.09. The van der Waals surface area contributed by atoms with Gasteiger partial charge in [-0.25, -0.2) is 0 Å². The van der Waals surface area contributed by atoms with Crippen LogP contribution in [0.3, 0.4) is 0 Å². The van der Waals surface area contributed by atoms with E-state index in [2.05, 4.69) is 0 Å². The summed E-state index contributed by atoms with van der Waals surface area (Å²) in [5, 5.41) is 62.2. The van der Waals surface area contributed by atoms with Gasteiger partial charge in [0.05, 0.1) is 18.1 Å². The lowest BCUT2D eigenvalue weighted by molar-refractivity contribution is -0.384. The highest BCUT2D eigenvalue weighted by Crippen LogP contribution is 2.06. The second-order valence-corrected chi connectivity index (χ2v) is 4.07. The molecule has 1 aromatic carbocycles. The lowest BCUT2D eigenvalue weighted by atomic mass is 10.0. The van der Waals surface area contributed by atoms with Crippen molar-refractivity contribution >= 4 is 5.69 Å². The molecule has 4 atom stereocenters. The van der Waals surface area contributed by atoms with Crippen LogP contribution in [-0.2, 0) is 0 Å². The van der Waals surface area contributed by atoms with Crippen LogP contribution in [0.15, 0.2) is 30.3 Å². The number of nitrogens with zero attached hydrogens (tertiary/aromatic N) is 1. The van der Waals surface area contributed by atoms with Crippen molar-refractivity contribution in [1.29, 1.82) is 0 Å². The van der Waals surface area contributed by atoms with Gasteiger partial charge in [0.1, 0.15) is 24.4 Å². The number of hydrogen-bond donors (Lipinski definition) is 6. The van der Waals surface area contributed by atoms with Gasteiger partial charge in [-0.05, 0) is 0 Å². The van der Waals surface area contributed by atoms with Crippen molar-refractivity contribution in [2.75, 3.05) is 13.2 Å². The van der Waals surface area contributed by atoms with E-state index in [4.69, 9.17) is 30.6 Å². The molecule has 0 aliphatic carbocycles. The second kappa shape index (κ2) is 10.2. The van der Waals surface area contributed by atoms with Gasteiger partial charge in [0.15, 0.2) is 0 Å². The fraction of sp³-hybridized carbons (Fsp3) is 0.500. The Morgan fingerprint density at radius 1 is 0.905 bits per heavy atom. The van der Waals surface area contributed by atoms with Gasteiger partial charge < -0.3 is 30.6 Å². The van der Waals surface area contributed by atoms with Crippen molar-refractivity contribution in [3.8, 4) is 0 Å². The number of aliphatic hydroxyl groups excluding tert-OH is 6. The molecule has 6 N–H and O–H groups in total. The Morgan fingerprint density at radius 3 is 1.52 bits per heavy atom. The lowest BCUT2D eigenvalue weighted by Crippen LogP contribution is -2.46. The van der Waals surface area contributed by atoms with Gasteiger partial charge >= 0.3 is 0 Å². The van der Waals surface area contributed by atoms with E-state index in [9.17, 15) is 10.1 Å². The predicted octanol–water partition coefficient (Wildman–Crippen LogP) is -1.99. The monoisotopic (exact) mass is 305 g/mol. The lowest BCUT2D eigenvalue weighted by Gasteiger charge is -2.24. The van der Waals surface area contributed by atoms with Crippen LogP contribution >= 0.6 is 0 Å². The molecule has 0 amide bonds. The Morgan fingerprint density at radius 2 is 1.29 bits per heavy atom. The number of rotatable bonds is 6. The van der Waals surface area contributed by atoms with Gasteiger partial charge in [0.2, 0.25) is 0 Å². The molecule has 0 bridgehead atoms. The molecule has 0 spiro atoms. The summed E-state index contributed by atoms with van der Waals surface area (Å²) in [5.74, 6) is 0. The first-order valence-corrected chi connectivity index (χ1v) is 5.98. The third-order valence-electron chi connectivity index (χ3n) is 2.48. The zero-order valence-electron chi connectivity index (χ0n) is 11.1. The summed E-state index contributed by atoms with van der Waals surface area (Å²) in [4.78, 5) is 9.59. The average molecular weight is 305 g/mol. The molecule has 0 saturated heterocycles. The number of para-hydroxylation sites is 1. The van der Waals surface area contributed by atoms with Crippen molar-refractivity contribution < 1.29 is 35.6 Å². The Hall–Kier alpha value is -1.62. The smallest absolute Gasteiger partial charge is 0.269 e. The van der Waals surface area contributed by atoms with Crippen LogP contribution in [0, 0.1) is 10.1 Å². The maximum atomic E-state index is 10.0. The van der Waals surface area contributed by atoms with Crippen molar-refractivity contribution in [3.05, 3.63) is 40.4 Å². The van der Waals surface area contributed by atoms with Crippen molar-refractivity contribution in [3.63, 3.8) is 0 Å². The number of benzene rings is 1. The Kier molecular flexibility index (Phi) is 9.37. The molecule has 1 aromatic rings. The van der Waals surface area contributed by atoms with Crippen LogP contribution in [0.5, 0.6) is 0 Å². The number of non-ortho nitro benzene ring substituents is 1. The fourth-order valence-electron chi connectivity index (χ4n) is 1.22. The van der Waals surface area contributed by atoms with E-state index in [0.29, 0.717) is 0 Å². The minimum atomic E-state index is -1.67. The molecule has 0 radical (unpaired) electrons. The molecule has 21 heavy (non-hydrogen) atoms. The molecule has 0 heterocycles. The molecular weight excluding hydrogens is 286 g/mol. The van der Waals surface area contributed by atoms with Crippen molar-refractivity contribution in [1.82, 2.24) is 0 Å². The highest BCUT2D eigenvalue weighted by atomic mass is 16.6. The molecule has 0 unspecified atom stereocenters. The average Bonchev–Trinajstić information content (AvgIpc) is 2.53. The first-order chi connectivity index (χ1) is 9.84. The predicted molar refractivity (Wildman–Crippen MR) is 71.3 cm³/mol. The summed E-state index contributed by atoms with van der Waals surface area (Å²) in [5.41, 5.74) is 0.137. The summed E-state index contributed by atoms with van der Waals surface area (Å²) in [6.45, 7) is -1.45. The maximum absolute atomic E-state index is 10.0. The maximum Gasteiger partial charge on any atom is 0.269 e. The molecule has 1 rings (SSSR count). The molecular formula is C12H19NO8. The van der Waals surface area contributed by atoms with Crippen LogP contribution in [-0.4, -0.2) is 73.2 Å². The summed E-state index contributed by atoms with van der Waals surface area (Å²) in [6, 6.07) is 7.93. The SMILES string of the molecule is O=[N+]([O-])c1ccccc1.OC[C@@H](O)[C@@H](O)[C@H](O)[C@H](O)CO. The normalized spacial score (nSPS) is 16.1. The van der Waals surface area contributed by atoms with Crippen molar-refractivity contribution in [2.45, 2.75) is 24.4 Å². The minimum absolute atomic E-state index is 0.137. The zero-order valence-corrected chi connectivity index (χ0v) is 11.1. The van der Waals surface area contributed by atoms with E-state index in [1.165, 1.54) is 12.1 Å². The highest BCUT2D eigenvalue weighted by molar-refractivity contribution is 5.27. The molecule has 0 aromatic heterocycles. The van der Waals surface area contributed by atoms with Crippen LogP contribution in [0.2, 0.25) is 0 Å². The molecule has 9 heteroatoms. The van der Waals surface area contributed by atoms with Gasteiger partial charge in [-0.15, -0.1) is 0 Å². The molecule has 0 aliphatic rings. The quantitative estimate of drug-likeness (QED) is 0.259. The second-order valence-electron chi connectivity index (χ2n) is 4.07. The first kappa shape index (κ1) is 19.4. The molecule has 0 aliphatic heterocycles. The van der Waals surface area contributed by atoms with Crippen LogP contribution in [0.4, 0.5) is 5.69 Å². The van der Waals surface area contributed by atoms with Crippen LogP contribution in [0.25, 0.3) is 0 Å². The topological polar surface area (TPSA) is 165 Å². The third-order valence-corrected chi connectivity index (χ3v) is 2.48. The minimum Gasteiger partial charge on any atom is -0.394 e. The standard InChI is InChI=1S/C6H5NO2.C6H14O6/c8-7(9)6-4-2-1-3-5-6;7-1-3(9)5(11)6(12)4(10)2-8/h1-5H;3-12H,1-2H2/t;3-,4-,5-,6-/m.1/s1. The van der Waals surface area contributed by atoms with Gasteiger partial charge in [-0.3, -0.25) is 10.1 Å². The summed E-state index contributed by atoms with van der Waals surface area (Å²) in [6.07, 6.45) is -6.39. The molecule has 9 nitrogen and oxygen atoms in total. The van der Waals surface area contributed by atoms with E-state index in [-0.39, 0.29) is 5.69 Å². The van der Waals surface area contributed by atoms with E-state index in [0.717, 1.165) is 0 Å². The highest BCUT2D eigenvalue weighted by Gasteiger charge is 2.29. The summed E-state index contributed by atoms with van der Waals surface area (Å²) >= 11 is 0. The summed E-state index contributed by atoms with van der Waals surface area (Å²) in [7, 11) is 0. The number of nitro groups is 1. The van der Waals surface area contributed by atoms with E-state index >= 15 is 0 Å². The molecule has 120 valence electrons. The number of hydrogen-bond acceptors (Lipinski definition) is 8. The van der Waals surface area contributed by atoms with E-state index in [1.54, 1.807) is 18.2 Å². The van der Waals surface area contributed by atoms with Crippen molar-refractivity contribution in [2.24, 2.45) is 0 Å². The molecule has 0 fully saturated rings. The zero-order chi connectivity index (χ0) is 16.4. The largest absolute Gasteiger partial charge is 0.394 e. The fourth-order valence-corrected chi connectivity index (χ4v) is 1.22. The van der Waals surface area contributed by atoms with Gasteiger partial charge in [-0.2, -0.15) is 0 Å². The summed E-state index contributed by atoms with van der Waals surface area (Å²) < 4.78 is 0. The van der Waals surface area contributed by atoms with Crippen LogP contribution < -0.4 is 0 Å². The first-order valence-electron chi connectivity index (χ1n) is 5.98.